The summed E-state index contributed by atoms with van der Waals surface area (Å²) in [6.07, 6.45) is 3.43. The van der Waals surface area contributed by atoms with Crippen molar-refractivity contribution >= 4 is 11.6 Å². The highest BCUT2D eigenvalue weighted by molar-refractivity contribution is 5.87. The van der Waals surface area contributed by atoms with Crippen molar-refractivity contribution in [3.05, 3.63) is 41.9 Å². The first-order valence-electron chi connectivity index (χ1n) is 5.38. The molecule has 0 aliphatic heterocycles. The van der Waals surface area contributed by atoms with E-state index in [1.807, 2.05) is 42.6 Å². The zero-order chi connectivity index (χ0) is 12.3. The molecule has 1 amide bonds. The molecule has 0 aliphatic carbocycles. The number of nitrogens with zero attached hydrogens (tertiary/aromatic N) is 3. The smallest absolute Gasteiger partial charge is 0.244 e. The van der Waals surface area contributed by atoms with Gasteiger partial charge in [0.1, 0.15) is 0 Å². The normalized spacial score (nSPS) is 10.2. The van der Waals surface area contributed by atoms with Gasteiger partial charge in [-0.15, -0.1) is 10.2 Å². The largest absolute Gasteiger partial charge is 0.345 e. The topological polar surface area (TPSA) is 59.3 Å². The van der Waals surface area contributed by atoms with Crippen LogP contribution >= 0.6 is 0 Å². The van der Waals surface area contributed by atoms with Crippen molar-refractivity contribution in [2.45, 2.75) is 20.4 Å². The Balaban J connectivity index is 2.09. The van der Waals surface area contributed by atoms with Gasteiger partial charge in [0.05, 0.1) is 6.54 Å². The number of hydrogen-bond donors (Lipinski definition) is 1. The summed E-state index contributed by atoms with van der Waals surface area (Å²) in [6.45, 7) is 4.13. The van der Waals surface area contributed by atoms with Crippen molar-refractivity contribution in [1.29, 1.82) is 0 Å². The average molecular weight is 230 g/mol. The number of aromatic nitrogens is 3. The summed E-state index contributed by atoms with van der Waals surface area (Å²) in [5.41, 5.74) is 1.74. The standard InChI is InChI=1S/C12H14N4O/c1-9(2)7-12(17)13-8-11-15-14-10-5-3-4-6-16(10)11/h3-7H,8H2,1-2H3,(H,13,17). The average Bonchev–Trinajstić information content (AvgIpc) is 2.69. The minimum Gasteiger partial charge on any atom is -0.345 e. The predicted octanol–water partition coefficient (Wildman–Crippen LogP) is 1.31. The molecule has 0 radical (unpaired) electrons. The number of amides is 1. The molecule has 0 saturated carbocycles. The summed E-state index contributed by atoms with van der Waals surface area (Å²) >= 11 is 0. The van der Waals surface area contributed by atoms with E-state index in [1.165, 1.54) is 0 Å². The lowest BCUT2D eigenvalue weighted by Gasteiger charge is -2.01. The molecule has 88 valence electrons. The van der Waals surface area contributed by atoms with Gasteiger partial charge in [-0.05, 0) is 26.0 Å². The molecule has 0 saturated heterocycles. The molecule has 0 spiro atoms. The number of rotatable bonds is 3. The van der Waals surface area contributed by atoms with Gasteiger partial charge in [0.2, 0.25) is 5.91 Å². The van der Waals surface area contributed by atoms with Crippen LogP contribution in [-0.4, -0.2) is 20.5 Å². The van der Waals surface area contributed by atoms with E-state index < -0.39 is 0 Å². The van der Waals surface area contributed by atoms with Crippen LogP contribution in [0.15, 0.2) is 36.0 Å². The SMILES string of the molecule is CC(C)=CC(=O)NCc1nnc2ccccn12. The second kappa shape index (κ2) is 4.78. The van der Waals surface area contributed by atoms with Gasteiger partial charge in [-0.2, -0.15) is 0 Å². The Morgan fingerprint density at radius 3 is 3.00 bits per heavy atom. The minimum absolute atomic E-state index is 0.113. The van der Waals surface area contributed by atoms with E-state index in [0.717, 1.165) is 17.0 Å². The van der Waals surface area contributed by atoms with Crippen LogP contribution in [0.5, 0.6) is 0 Å². The van der Waals surface area contributed by atoms with Crippen molar-refractivity contribution < 1.29 is 4.79 Å². The molecule has 1 N–H and O–H groups in total. The van der Waals surface area contributed by atoms with Crippen molar-refractivity contribution in [3.63, 3.8) is 0 Å². The molecule has 17 heavy (non-hydrogen) atoms. The van der Waals surface area contributed by atoms with Crippen molar-refractivity contribution in [3.8, 4) is 0 Å². The van der Waals surface area contributed by atoms with Crippen LogP contribution in [0.1, 0.15) is 19.7 Å². The van der Waals surface area contributed by atoms with Crippen LogP contribution in [0.2, 0.25) is 0 Å². The van der Waals surface area contributed by atoms with Gasteiger partial charge in [0.25, 0.3) is 0 Å². The van der Waals surface area contributed by atoms with Crippen molar-refractivity contribution in [2.24, 2.45) is 0 Å². The van der Waals surface area contributed by atoms with Gasteiger partial charge in [-0.25, -0.2) is 0 Å². The Morgan fingerprint density at radius 2 is 2.24 bits per heavy atom. The summed E-state index contributed by atoms with van der Waals surface area (Å²) in [6, 6.07) is 5.67. The van der Waals surface area contributed by atoms with Gasteiger partial charge in [0.15, 0.2) is 11.5 Å². The lowest BCUT2D eigenvalue weighted by atomic mass is 10.3. The fraction of sp³-hybridized carbons (Fsp3) is 0.250. The fourth-order valence-corrected chi connectivity index (χ4v) is 1.49. The third kappa shape index (κ3) is 2.69. The maximum atomic E-state index is 11.4. The zero-order valence-electron chi connectivity index (χ0n) is 9.84. The summed E-state index contributed by atoms with van der Waals surface area (Å²) in [5.74, 6) is 0.605. The monoisotopic (exact) mass is 230 g/mol. The van der Waals surface area contributed by atoms with Crippen molar-refractivity contribution in [2.75, 3.05) is 0 Å². The van der Waals surface area contributed by atoms with E-state index in [1.54, 1.807) is 6.08 Å². The highest BCUT2D eigenvalue weighted by Gasteiger charge is 2.05. The molecular weight excluding hydrogens is 216 g/mol. The molecule has 2 heterocycles. The van der Waals surface area contributed by atoms with E-state index in [4.69, 9.17) is 0 Å². The number of hydrogen-bond acceptors (Lipinski definition) is 3. The minimum atomic E-state index is -0.113. The van der Waals surface area contributed by atoms with Crippen molar-refractivity contribution in [1.82, 2.24) is 19.9 Å². The number of nitrogens with one attached hydrogen (secondary N) is 1. The molecule has 0 aromatic carbocycles. The third-order valence-electron chi connectivity index (χ3n) is 2.22. The molecule has 0 fully saturated rings. The highest BCUT2D eigenvalue weighted by Crippen LogP contribution is 2.02. The summed E-state index contributed by atoms with van der Waals surface area (Å²) in [5, 5.41) is 10.8. The lowest BCUT2D eigenvalue weighted by molar-refractivity contribution is -0.116. The molecule has 5 nitrogen and oxygen atoms in total. The van der Waals surface area contributed by atoms with Crippen LogP contribution in [0.4, 0.5) is 0 Å². The summed E-state index contributed by atoms with van der Waals surface area (Å²) in [7, 11) is 0. The summed E-state index contributed by atoms with van der Waals surface area (Å²) in [4.78, 5) is 11.4. The lowest BCUT2D eigenvalue weighted by Crippen LogP contribution is -2.22. The first-order chi connectivity index (χ1) is 8.16. The maximum absolute atomic E-state index is 11.4. The molecule has 2 aromatic heterocycles. The number of allylic oxidation sites excluding steroid dienone is 1. The van der Waals surface area contributed by atoms with E-state index in [0.29, 0.717) is 6.54 Å². The highest BCUT2D eigenvalue weighted by atomic mass is 16.1. The van der Waals surface area contributed by atoms with Crippen LogP contribution in [-0.2, 0) is 11.3 Å². The second-order valence-corrected chi connectivity index (χ2v) is 3.98. The Bertz CT molecular complexity index is 567. The Hall–Kier alpha value is -2.17. The Kier molecular flexibility index (Phi) is 3.18. The van der Waals surface area contributed by atoms with Crippen LogP contribution in [0, 0.1) is 0 Å². The number of carbonyl (C=O) groups excluding carboxylic acids is 1. The van der Waals surface area contributed by atoms with Gasteiger partial charge in [0, 0.05) is 12.3 Å². The predicted molar refractivity (Wildman–Crippen MR) is 64.3 cm³/mol. The van der Waals surface area contributed by atoms with E-state index in [2.05, 4.69) is 15.5 Å². The third-order valence-corrected chi connectivity index (χ3v) is 2.22. The van der Waals surface area contributed by atoms with Crippen LogP contribution in [0.3, 0.4) is 0 Å². The molecule has 0 atom stereocenters. The molecule has 0 bridgehead atoms. The first-order valence-corrected chi connectivity index (χ1v) is 5.38. The second-order valence-electron chi connectivity index (χ2n) is 3.98. The van der Waals surface area contributed by atoms with Gasteiger partial charge < -0.3 is 5.32 Å². The van der Waals surface area contributed by atoms with E-state index in [-0.39, 0.29) is 5.91 Å². The quantitative estimate of drug-likeness (QED) is 0.809. The molecule has 5 heteroatoms. The van der Waals surface area contributed by atoms with Crippen LogP contribution < -0.4 is 5.32 Å². The molecule has 2 aromatic rings. The molecule has 0 aliphatic rings. The zero-order valence-corrected chi connectivity index (χ0v) is 9.84. The van der Waals surface area contributed by atoms with Gasteiger partial charge >= 0.3 is 0 Å². The number of carbonyl (C=O) groups is 1. The maximum Gasteiger partial charge on any atom is 0.244 e. The van der Waals surface area contributed by atoms with E-state index >= 15 is 0 Å². The summed E-state index contributed by atoms with van der Waals surface area (Å²) < 4.78 is 1.85. The van der Waals surface area contributed by atoms with Crippen LogP contribution in [0.25, 0.3) is 5.65 Å². The number of fused-ring (bicyclic) bond motifs is 1. The molecular formula is C12H14N4O. The number of pyridine rings is 1. The Labute approximate surface area is 99.2 Å². The van der Waals surface area contributed by atoms with Gasteiger partial charge in [-0.1, -0.05) is 11.6 Å². The molecule has 0 unspecified atom stereocenters. The molecule has 2 rings (SSSR count). The fourth-order valence-electron chi connectivity index (χ4n) is 1.49. The van der Waals surface area contributed by atoms with E-state index in [9.17, 15) is 4.79 Å². The Morgan fingerprint density at radius 1 is 1.41 bits per heavy atom. The van der Waals surface area contributed by atoms with Gasteiger partial charge in [-0.3, -0.25) is 9.20 Å². The first kappa shape index (κ1) is 11.3.